The van der Waals surface area contributed by atoms with E-state index in [2.05, 4.69) is 13.8 Å². The van der Waals surface area contributed by atoms with Crippen LogP contribution in [0.5, 0.6) is 17.2 Å². The Kier molecular flexibility index (Phi) is 6.19. The van der Waals surface area contributed by atoms with E-state index in [1.54, 1.807) is 7.11 Å². The molecule has 4 atom stereocenters. The fraction of sp³-hybridized carbons (Fsp3) is 0.500. The molecule has 0 unspecified atom stereocenters. The molecular formula is C26H32O6. The normalized spacial score (nSPS) is 26.4. The van der Waals surface area contributed by atoms with Gasteiger partial charge < -0.3 is 14.6 Å². The van der Waals surface area contributed by atoms with Gasteiger partial charge >= 0.3 is 0 Å². The van der Waals surface area contributed by atoms with Gasteiger partial charge in [-0.25, -0.2) is 4.89 Å². The monoisotopic (exact) mass is 440 g/mol. The molecule has 1 fully saturated rings. The average molecular weight is 441 g/mol. The number of fused-ring (bicyclic) bond motifs is 3. The molecule has 0 spiro atoms. The predicted octanol–water partition coefficient (Wildman–Crippen LogP) is 5.38. The molecule has 2 aromatic rings. The highest BCUT2D eigenvalue weighted by Gasteiger charge is 2.57. The van der Waals surface area contributed by atoms with Crippen molar-refractivity contribution in [2.45, 2.75) is 64.1 Å². The Morgan fingerprint density at radius 1 is 1.28 bits per heavy atom. The number of ether oxygens (including phenoxy) is 2. The number of rotatable bonds is 7. The highest BCUT2D eigenvalue weighted by Crippen LogP contribution is 2.59. The Balaban J connectivity index is 1.77. The van der Waals surface area contributed by atoms with Gasteiger partial charge in [-0.3, -0.25) is 10.1 Å². The lowest BCUT2D eigenvalue weighted by Gasteiger charge is -2.44. The second kappa shape index (κ2) is 8.75. The summed E-state index contributed by atoms with van der Waals surface area (Å²) in [5.41, 5.74) is 1.12. The second-order valence-corrected chi connectivity index (χ2v) is 9.54. The number of phenolic OH excluding ortho intramolecular Hbond substituents is 1. The summed E-state index contributed by atoms with van der Waals surface area (Å²) < 4.78 is 12.0. The van der Waals surface area contributed by atoms with Gasteiger partial charge in [-0.2, -0.15) is 0 Å². The SMILES string of the molecule is COc1cc(O)c(C(=O)CCc2ccccc2)c2c1[C@H]1[C@H](C(C)C)CC[C@@](C)(OO)[C@H]1O2. The molecule has 1 aliphatic heterocycles. The molecule has 0 bridgehead atoms. The van der Waals surface area contributed by atoms with Crippen molar-refractivity contribution in [3.63, 3.8) is 0 Å². The van der Waals surface area contributed by atoms with Gasteiger partial charge in [0.25, 0.3) is 0 Å². The molecule has 4 rings (SSSR count). The van der Waals surface area contributed by atoms with Crippen LogP contribution in [0.4, 0.5) is 0 Å². The van der Waals surface area contributed by atoms with Crippen molar-refractivity contribution in [3.8, 4) is 17.2 Å². The minimum Gasteiger partial charge on any atom is -0.507 e. The Labute approximate surface area is 189 Å². The Morgan fingerprint density at radius 2 is 2.00 bits per heavy atom. The first-order chi connectivity index (χ1) is 15.3. The zero-order valence-corrected chi connectivity index (χ0v) is 19.1. The molecule has 2 aromatic carbocycles. The van der Waals surface area contributed by atoms with E-state index in [0.717, 1.165) is 17.5 Å². The van der Waals surface area contributed by atoms with Crippen molar-refractivity contribution >= 4 is 5.78 Å². The Bertz CT molecular complexity index is 986. The lowest BCUT2D eigenvalue weighted by molar-refractivity contribution is -0.345. The van der Waals surface area contributed by atoms with E-state index < -0.39 is 11.7 Å². The van der Waals surface area contributed by atoms with Crippen LogP contribution in [0.1, 0.15) is 67.4 Å². The van der Waals surface area contributed by atoms with E-state index in [4.69, 9.17) is 14.4 Å². The summed E-state index contributed by atoms with van der Waals surface area (Å²) in [5.74, 6) is 1.03. The van der Waals surface area contributed by atoms with Crippen molar-refractivity contribution in [1.29, 1.82) is 0 Å². The van der Waals surface area contributed by atoms with Gasteiger partial charge in [0.2, 0.25) is 0 Å². The van der Waals surface area contributed by atoms with Crippen LogP contribution in [-0.2, 0) is 11.3 Å². The molecule has 1 aliphatic carbocycles. The fourth-order valence-corrected chi connectivity index (χ4v) is 5.46. The zero-order valence-electron chi connectivity index (χ0n) is 19.1. The summed E-state index contributed by atoms with van der Waals surface area (Å²) in [4.78, 5) is 18.2. The highest BCUT2D eigenvalue weighted by molar-refractivity contribution is 6.02. The maximum Gasteiger partial charge on any atom is 0.170 e. The predicted molar refractivity (Wildman–Crippen MR) is 121 cm³/mol. The van der Waals surface area contributed by atoms with Crippen LogP contribution in [0.2, 0.25) is 0 Å². The molecule has 2 aliphatic rings. The number of Topliss-reactive ketones (excluding diaryl/α,β-unsaturated/α-hetero) is 1. The minimum absolute atomic E-state index is 0.118. The molecule has 32 heavy (non-hydrogen) atoms. The number of carbonyl (C=O) groups excluding carboxylic acids is 1. The number of phenols is 1. The number of aromatic hydroxyl groups is 1. The third kappa shape index (κ3) is 3.76. The quantitative estimate of drug-likeness (QED) is 0.342. The number of hydrogen-bond donors (Lipinski definition) is 2. The molecule has 172 valence electrons. The highest BCUT2D eigenvalue weighted by atomic mass is 17.1. The third-order valence-corrected chi connectivity index (χ3v) is 7.25. The van der Waals surface area contributed by atoms with Crippen molar-refractivity contribution in [3.05, 3.63) is 53.1 Å². The van der Waals surface area contributed by atoms with Crippen molar-refractivity contribution in [2.24, 2.45) is 11.8 Å². The lowest BCUT2D eigenvalue weighted by Crippen LogP contribution is -2.52. The number of ketones is 1. The maximum absolute atomic E-state index is 13.3. The van der Waals surface area contributed by atoms with E-state index in [1.165, 1.54) is 6.07 Å². The van der Waals surface area contributed by atoms with Gasteiger partial charge in [0.05, 0.1) is 7.11 Å². The van der Waals surface area contributed by atoms with E-state index in [-0.39, 0.29) is 35.4 Å². The Hall–Kier alpha value is -2.57. The van der Waals surface area contributed by atoms with E-state index >= 15 is 0 Å². The number of carbonyl (C=O) groups is 1. The smallest absolute Gasteiger partial charge is 0.170 e. The van der Waals surface area contributed by atoms with Crippen LogP contribution in [0.25, 0.3) is 0 Å². The first kappa shape index (κ1) is 22.6. The molecule has 0 aromatic heterocycles. The van der Waals surface area contributed by atoms with Crippen LogP contribution in [0.15, 0.2) is 36.4 Å². The molecule has 2 N–H and O–H groups in total. The van der Waals surface area contributed by atoms with Crippen molar-refractivity contribution in [2.75, 3.05) is 7.11 Å². The zero-order chi connectivity index (χ0) is 23.0. The minimum atomic E-state index is -0.917. The summed E-state index contributed by atoms with van der Waals surface area (Å²) in [6, 6.07) is 11.3. The topological polar surface area (TPSA) is 85.2 Å². The van der Waals surface area contributed by atoms with Crippen LogP contribution >= 0.6 is 0 Å². The molecule has 0 saturated heterocycles. The van der Waals surface area contributed by atoms with Gasteiger partial charge in [-0.05, 0) is 43.6 Å². The van der Waals surface area contributed by atoms with Gasteiger partial charge in [0.1, 0.15) is 34.5 Å². The summed E-state index contributed by atoms with van der Waals surface area (Å²) >= 11 is 0. The van der Waals surface area contributed by atoms with E-state index in [9.17, 15) is 15.2 Å². The Morgan fingerprint density at radius 3 is 2.62 bits per heavy atom. The van der Waals surface area contributed by atoms with E-state index in [1.807, 2.05) is 37.3 Å². The van der Waals surface area contributed by atoms with Gasteiger partial charge in [0, 0.05) is 24.0 Å². The summed E-state index contributed by atoms with van der Waals surface area (Å²) in [7, 11) is 1.55. The van der Waals surface area contributed by atoms with Crippen LogP contribution in [0, 0.1) is 11.8 Å². The van der Waals surface area contributed by atoms with Crippen LogP contribution in [0.3, 0.4) is 0 Å². The summed E-state index contributed by atoms with van der Waals surface area (Å²) in [6.07, 6.45) is 1.81. The van der Waals surface area contributed by atoms with E-state index in [0.29, 0.717) is 30.3 Å². The largest absolute Gasteiger partial charge is 0.507 e. The molecule has 0 radical (unpaired) electrons. The maximum atomic E-state index is 13.3. The average Bonchev–Trinajstić information content (AvgIpc) is 3.19. The van der Waals surface area contributed by atoms with Crippen molar-refractivity contribution < 1.29 is 29.5 Å². The fourth-order valence-electron chi connectivity index (χ4n) is 5.46. The standard InChI is InChI=1S/C26H32O6/c1-15(2)17-12-13-26(3,32-29)25-21(17)23-20(30-4)14-19(28)22(24(23)31-25)18(27)11-10-16-8-6-5-7-9-16/h5-9,14-15,17,21,25,28-29H,10-13H2,1-4H3/t17-,21+,25-,26+/m0/s1. The van der Waals surface area contributed by atoms with Gasteiger partial charge in [-0.1, -0.05) is 44.2 Å². The van der Waals surface area contributed by atoms with Crippen LogP contribution < -0.4 is 9.47 Å². The third-order valence-electron chi connectivity index (χ3n) is 7.25. The number of benzene rings is 2. The summed E-state index contributed by atoms with van der Waals surface area (Å²) in [5, 5.41) is 20.5. The number of methoxy groups -OCH3 is 1. The molecular weight excluding hydrogens is 408 g/mol. The van der Waals surface area contributed by atoms with Crippen molar-refractivity contribution in [1.82, 2.24) is 0 Å². The molecule has 1 heterocycles. The number of aryl methyl sites for hydroxylation is 1. The molecule has 6 heteroatoms. The molecule has 6 nitrogen and oxygen atoms in total. The lowest BCUT2D eigenvalue weighted by atomic mass is 9.65. The second-order valence-electron chi connectivity index (χ2n) is 9.54. The number of hydrogen-bond acceptors (Lipinski definition) is 6. The van der Waals surface area contributed by atoms with Gasteiger partial charge in [-0.15, -0.1) is 0 Å². The molecule has 1 saturated carbocycles. The summed E-state index contributed by atoms with van der Waals surface area (Å²) in [6.45, 7) is 6.16. The van der Waals surface area contributed by atoms with Gasteiger partial charge in [0.15, 0.2) is 5.78 Å². The first-order valence-corrected chi connectivity index (χ1v) is 11.3. The first-order valence-electron chi connectivity index (χ1n) is 11.3. The molecule has 0 amide bonds. The van der Waals surface area contributed by atoms with Crippen LogP contribution in [-0.4, -0.2) is 35.0 Å².